The number of hydrogen-bond donors (Lipinski definition) is 0. The molecule has 0 aliphatic rings. The predicted octanol–water partition coefficient (Wildman–Crippen LogP) is 9.45. The summed E-state index contributed by atoms with van der Waals surface area (Å²) in [5.41, 5.74) is 0. The Morgan fingerprint density at radius 3 is 1.07 bits per heavy atom. The topological polar surface area (TPSA) is 71.1 Å². The Bertz CT molecular complexity index is 1940. The molecule has 0 aliphatic carbocycles. The number of carbonyl (C=O) groups excluding carboxylic acids is 2. The van der Waals surface area contributed by atoms with Gasteiger partial charge in [0.05, 0.1) is 0 Å². The van der Waals surface area contributed by atoms with Gasteiger partial charge in [0.2, 0.25) is 0 Å². The highest BCUT2D eigenvalue weighted by Crippen LogP contribution is 2.43. The highest BCUT2D eigenvalue weighted by Gasteiger charge is 2.21. The van der Waals surface area contributed by atoms with Crippen molar-refractivity contribution in [2.24, 2.45) is 0 Å². The van der Waals surface area contributed by atoms with Gasteiger partial charge in [-0.25, -0.2) is 9.59 Å². The first-order chi connectivity index (χ1) is 20.6. The Labute approximate surface area is 240 Å². The van der Waals surface area contributed by atoms with Crippen LogP contribution in [-0.2, 0) is 0 Å². The Kier molecular flexibility index (Phi) is 6.33. The minimum absolute atomic E-state index is 0.294. The number of rotatable bonds is 4. The van der Waals surface area contributed by atoms with Crippen molar-refractivity contribution >= 4 is 55.4 Å². The van der Waals surface area contributed by atoms with Crippen molar-refractivity contribution in [2.45, 2.75) is 0 Å². The van der Waals surface area contributed by atoms with Gasteiger partial charge in [0.25, 0.3) is 0 Å². The molecule has 0 fully saturated rings. The molecule has 42 heavy (non-hydrogen) atoms. The maximum absolute atomic E-state index is 13.0. The molecule has 0 saturated heterocycles. The van der Waals surface area contributed by atoms with Crippen molar-refractivity contribution < 1.29 is 28.5 Å². The van der Waals surface area contributed by atoms with Gasteiger partial charge in [0.15, 0.2) is 0 Å². The summed E-state index contributed by atoms with van der Waals surface area (Å²) in [5.74, 6) is 1.32. The lowest BCUT2D eigenvalue weighted by Gasteiger charge is -2.16. The minimum Gasteiger partial charge on any atom is -0.395 e. The molecule has 0 aromatic heterocycles. The Hall–Kier alpha value is -5.88. The first kappa shape index (κ1) is 25.1. The van der Waals surface area contributed by atoms with Gasteiger partial charge >= 0.3 is 12.3 Å². The summed E-state index contributed by atoms with van der Waals surface area (Å²) in [6, 6.07) is 40.8. The summed E-state index contributed by atoms with van der Waals surface area (Å²) in [4.78, 5) is 26.0. The molecule has 0 bridgehead atoms. The van der Waals surface area contributed by atoms with E-state index < -0.39 is 12.3 Å². The monoisotopic (exact) mass is 550 g/mol. The zero-order valence-electron chi connectivity index (χ0n) is 22.2. The highest BCUT2D eigenvalue weighted by molar-refractivity contribution is 6.12. The molecule has 0 amide bonds. The molecular weight excluding hydrogens is 528 g/mol. The third-order valence-corrected chi connectivity index (χ3v) is 7.05. The molecule has 6 heteroatoms. The summed E-state index contributed by atoms with van der Waals surface area (Å²) in [7, 11) is 0. The van der Waals surface area contributed by atoms with Crippen molar-refractivity contribution in [3.8, 4) is 23.0 Å². The lowest BCUT2D eigenvalue weighted by molar-refractivity contribution is 0.151. The van der Waals surface area contributed by atoms with E-state index in [0.29, 0.717) is 44.5 Å². The molecule has 0 heterocycles. The molecule has 202 valence electrons. The molecule has 6 nitrogen and oxygen atoms in total. The Morgan fingerprint density at radius 2 is 0.690 bits per heavy atom. The van der Waals surface area contributed by atoms with Crippen molar-refractivity contribution in [1.29, 1.82) is 0 Å². The van der Waals surface area contributed by atoms with Crippen LogP contribution < -0.4 is 18.9 Å². The van der Waals surface area contributed by atoms with Gasteiger partial charge in [-0.2, -0.15) is 0 Å². The molecule has 0 aliphatic heterocycles. The summed E-state index contributed by atoms with van der Waals surface area (Å²) in [6.07, 6.45) is -1.77. The Morgan fingerprint density at radius 1 is 0.357 bits per heavy atom. The maximum Gasteiger partial charge on any atom is 0.519 e. The quantitative estimate of drug-likeness (QED) is 0.123. The first-order valence-electron chi connectivity index (χ1n) is 13.3. The second kappa shape index (κ2) is 10.6. The third-order valence-electron chi connectivity index (χ3n) is 7.05. The summed E-state index contributed by atoms with van der Waals surface area (Å²) >= 11 is 0. The van der Waals surface area contributed by atoms with Gasteiger partial charge in [-0.3, -0.25) is 0 Å². The molecule has 0 radical (unpaired) electrons. The lowest BCUT2D eigenvalue weighted by Crippen LogP contribution is -2.16. The second-order valence-corrected chi connectivity index (χ2v) is 9.68. The van der Waals surface area contributed by atoms with Crippen LogP contribution in [0.2, 0.25) is 0 Å². The molecule has 7 aromatic rings. The Balaban J connectivity index is 1.21. The second-order valence-electron chi connectivity index (χ2n) is 9.68. The van der Waals surface area contributed by atoms with Crippen LogP contribution in [0.1, 0.15) is 0 Å². The van der Waals surface area contributed by atoms with Crippen LogP contribution >= 0.6 is 0 Å². The smallest absolute Gasteiger partial charge is 0.395 e. The van der Waals surface area contributed by atoms with Crippen molar-refractivity contribution in [2.75, 3.05) is 0 Å². The fourth-order valence-electron chi connectivity index (χ4n) is 5.13. The van der Waals surface area contributed by atoms with E-state index in [4.69, 9.17) is 18.9 Å². The molecule has 7 aromatic carbocycles. The molecule has 7 rings (SSSR count). The van der Waals surface area contributed by atoms with E-state index >= 15 is 0 Å². The summed E-state index contributed by atoms with van der Waals surface area (Å²) in [6.45, 7) is 0. The SMILES string of the molecule is O=C(Oc1ccc2ccccc2c1)Oc1c2ccccc2c(OC(=O)Oc2ccc3ccccc3c2)c2ccccc12. The van der Waals surface area contributed by atoms with Gasteiger partial charge < -0.3 is 18.9 Å². The molecule has 0 spiro atoms. The van der Waals surface area contributed by atoms with E-state index in [0.717, 1.165) is 21.5 Å². The number of hydrogen-bond acceptors (Lipinski definition) is 6. The van der Waals surface area contributed by atoms with Crippen molar-refractivity contribution in [1.82, 2.24) is 0 Å². The zero-order chi connectivity index (χ0) is 28.5. The van der Waals surface area contributed by atoms with Crippen LogP contribution in [-0.4, -0.2) is 12.3 Å². The average Bonchev–Trinajstić information content (AvgIpc) is 3.02. The van der Waals surface area contributed by atoms with Crippen LogP contribution in [0, 0.1) is 0 Å². The van der Waals surface area contributed by atoms with E-state index in [2.05, 4.69) is 0 Å². The van der Waals surface area contributed by atoms with Gasteiger partial charge in [-0.05, 0) is 45.8 Å². The van der Waals surface area contributed by atoms with E-state index in [-0.39, 0.29) is 0 Å². The van der Waals surface area contributed by atoms with Gasteiger partial charge in [0, 0.05) is 21.5 Å². The van der Waals surface area contributed by atoms with Crippen LogP contribution in [0.4, 0.5) is 9.59 Å². The van der Waals surface area contributed by atoms with Crippen LogP contribution in [0.5, 0.6) is 23.0 Å². The van der Waals surface area contributed by atoms with Crippen LogP contribution in [0.15, 0.2) is 133 Å². The number of ether oxygens (including phenoxy) is 4. The number of carbonyl (C=O) groups is 2. The maximum atomic E-state index is 13.0. The fraction of sp³-hybridized carbons (Fsp3) is 0. The highest BCUT2D eigenvalue weighted by atomic mass is 16.7. The van der Waals surface area contributed by atoms with Crippen molar-refractivity contribution in [3.63, 3.8) is 0 Å². The largest absolute Gasteiger partial charge is 0.519 e. The molecule has 0 unspecified atom stereocenters. The van der Waals surface area contributed by atoms with Gasteiger partial charge in [-0.15, -0.1) is 0 Å². The van der Waals surface area contributed by atoms with Gasteiger partial charge in [0.1, 0.15) is 23.0 Å². The fourth-order valence-corrected chi connectivity index (χ4v) is 5.13. The van der Waals surface area contributed by atoms with E-state index in [1.54, 1.807) is 48.5 Å². The summed E-state index contributed by atoms with van der Waals surface area (Å²) in [5, 5.41) is 6.22. The van der Waals surface area contributed by atoms with Gasteiger partial charge in [-0.1, -0.05) is 109 Å². The van der Waals surface area contributed by atoms with E-state index in [1.165, 1.54) is 0 Å². The van der Waals surface area contributed by atoms with E-state index in [1.807, 2.05) is 84.9 Å². The van der Waals surface area contributed by atoms with Crippen molar-refractivity contribution in [3.05, 3.63) is 133 Å². The zero-order valence-corrected chi connectivity index (χ0v) is 22.2. The molecule has 0 saturated carbocycles. The minimum atomic E-state index is -0.884. The standard InChI is InChI=1S/C36H22O6/c37-35(39-27-19-17-23-9-1-3-11-25(23)21-27)41-33-29-13-5-7-15-31(29)34(32-16-8-6-14-30(32)33)42-36(38)40-28-20-18-24-10-2-4-12-26(24)22-28/h1-22H. The predicted molar refractivity (Wildman–Crippen MR) is 163 cm³/mol. The number of benzene rings is 7. The normalized spacial score (nSPS) is 11.0. The summed E-state index contributed by atoms with van der Waals surface area (Å²) < 4.78 is 22.7. The van der Waals surface area contributed by atoms with E-state index in [9.17, 15) is 9.59 Å². The third kappa shape index (κ3) is 4.82. The molecular formula is C36H22O6. The first-order valence-corrected chi connectivity index (χ1v) is 13.3. The van der Waals surface area contributed by atoms with Crippen LogP contribution in [0.25, 0.3) is 43.1 Å². The molecule has 0 N–H and O–H groups in total. The lowest BCUT2D eigenvalue weighted by atomic mass is 10.0. The average molecular weight is 551 g/mol. The number of fused-ring (bicyclic) bond motifs is 4. The molecule has 0 atom stereocenters. The van der Waals surface area contributed by atoms with Crippen LogP contribution in [0.3, 0.4) is 0 Å².